The van der Waals surface area contributed by atoms with Crippen LogP contribution in [0.3, 0.4) is 0 Å². The number of aromatic hydroxyl groups is 1. The molecule has 5 heteroatoms. The maximum absolute atomic E-state index is 12.5. The second-order valence-electron chi connectivity index (χ2n) is 5.04. The first-order valence-electron chi connectivity index (χ1n) is 6.96. The van der Waals surface area contributed by atoms with Crippen molar-refractivity contribution in [3.05, 3.63) is 23.8 Å². The van der Waals surface area contributed by atoms with Gasteiger partial charge in [-0.25, -0.2) is 0 Å². The molecule has 1 amide bonds. The zero-order chi connectivity index (χ0) is 14.5. The van der Waals surface area contributed by atoms with Crippen LogP contribution in [0.25, 0.3) is 0 Å². The van der Waals surface area contributed by atoms with Gasteiger partial charge in [0.25, 0.3) is 5.91 Å². The third-order valence-corrected chi connectivity index (χ3v) is 3.77. The van der Waals surface area contributed by atoms with Crippen molar-refractivity contribution in [1.29, 1.82) is 0 Å². The fourth-order valence-corrected chi connectivity index (χ4v) is 2.36. The lowest BCUT2D eigenvalue weighted by molar-refractivity contribution is 0.0559. The largest absolute Gasteiger partial charge is 0.507 e. The van der Waals surface area contributed by atoms with Crippen LogP contribution in [-0.4, -0.2) is 47.3 Å². The first-order valence-corrected chi connectivity index (χ1v) is 6.96. The maximum Gasteiger partial charge on any atom is 0.257 e. The average Bonchev–Trinajstić information content (AvgIpc) is 2.40. The Labute approximate surface area is 118 Å². The monoisotopic (exact) mass is 279 g/mol. The lowest BCUT2D eigenvalue weighted by atomic mass is 9.90. The van der Waals surface area contributed by atoms with Gasteiger partial charge in [-0.15, -0.1) is 0 Å². The summed E-state index contributed by atoms with van der Waals surface area (Å²) in [6, 6.07) is 4.92. The zero-order valence-corrected chi connectivity index (χ0v) is 11.7. The Morgan fingerprint density at radius 2 is 2.20 bits per heavy atom. The molecule has 1 aliphatic rings. The van der Waals surface area contributed by atoms with Gasteiger partial charge in [-0.05, 0) is 37.8 Å². The van der Waals surface area contributed by atoms with Crippen molar-refractivity contribution in [2.75, 3.05) is 20.3 Å². The van der Waals surface area contributed by atoms with E-state index in [0.717, 1.165) is 19.3 Å². The molecule has 1 aliphatic carbocycles. The van der Waals surface area contributed by atoms with Gasteiger partial charge in [0.15, 0.2) is 0 Å². The number of phenols is 1. The summed E-state index contributed by atoms with van der Waals surface area (Å²) >= 11 is 0. The second kappa shape index (κ2) is 6.61. The number of rotatable bonds is 6. The van der Waals surface area contributed by atoms with Crippen molar-refractivity contribution in [2.24, 2.45) is 0 Å². The number of methoxy groups -OCH3 is 1. The SMILES string of the molecule is COc1ccc(C(=O)N(CCCO)C2CCC2)c(O)c1. The normalized spacial score (nSPS) is 14.7. The molecule has 2 N–H and O–H groups in total. The molecule has 1 saturated carbocycles. The van der Waals surface area contributed by atoms with Gasteiger partial charge < -0.3 is 19.8 Å². The van der Waals surface area contributed by atoms with Crippen molar-refractivity contribution >= 4 is 5.91 Å². The van der Waals surface area contributed by atoms with Gasteiger partial charge in [-0.1, -0.05) is 0 Å². The van der Waals surface area contributed by atoms with Gasteiger partial charge in [0.05, 0.1) is 12.7 Å². The highest BCUT2D eigenvalue weighted by Crippen LogP contribution is 2.30. The fraction of sp³-hybridized carbons (Fsp3) is 0.533. The topological polar surface area (TPSA) is 70.0 Å². The predicted octanol–water partition coefficient (Wildman–Crippen LogP) is 1.78. The third-order valence-electron chi connectivity index (χ3n) is 3.77. The van der Waals surface area contributed by atoms with E-state index in [1.54, 1.807) is 17.0 Å². The van der Waals surface area contributed by atoms with Gasteiger partial charge >= 0.3 is 0 Å². The van der Waals surface area contributed by atoms with E-state index in [-0.39, 0.29) is 29.9 Å². The summed E-state index contributed by atoms with van der Waals surface area (Å²) in [6.07, 6.45) is 3.67. The predicted molar refractivity (Wildman–Crippen MR) is 75.0 cm³/mol. The minimum absolute atomic E-state index is 0.0606. The van der Waals surface area contributed by atoms with E-state index in [0.29, 0.717) is 18.7 Å². The molecule has 0 radical (unpaired) electrons. The molecule has 0 atom stereocenters. The van der Waals surface area contributed by atoms with Crippen LogP contribution in [0.1, 0.15) is 36.0 Å². The van der Waals surface area contributed by atoms with Crippen LogP contribution in [0.5, 0.6) is 11.5 Å². The minimum atomic E-state index is -0.177. The van der Waals surface area contributed by atoms with E-state index < -0.39 is 0 Å². The third kappa shape index (κ3) is 3.04. The number of carbonyl (C=O) groups is 1. The molecule has 0 aliphatic heterocycles. The molecular formula is C15H21NO4. The van der Waals surface area contributed by atoms with Crippen LogP contribution in [-0.2, 0) is 0 Å². The summed E-state index contributed by atoms with van der Waals surface area (Å²) < 4.78 is 5.02. The van der Waals surface area contributed by atoms with Gasteiger partial charge in [0, 0.05) is 25.3 Å². The summed E-state index contributed by atoms with van der Waals surface area (Å²) in [5, 5.41) is 18.9. The van der Waals surface area contributed by atoms with Gasteiger partial charge in [0.1, 0.15) is 11.5 Å². The van der Waals surface area contributed by atoms with E-state index in [1.165, 1.54) is 13.2 Å². The van der Waals surface area contributed by atoms with Crippen LogP contribution < -0.4 is 4.74 Å². The second-order valence-corrected chi connectivity index (χ2v) is 5.04. The quantitative estimate of drug-likeness (QED) is 0.832. The number of phenolic OH excluding ortho intramolecular Hbond substituents is 1. The minimum Gasteiger partial charge on any atom is -0.507 e. The van der Waals surface area contributed by atoms with Crippen molar-refractivity contribution < 1.29 is 19.7 Å². The number of amides is 1. The van der Waals surface area contributed by atoms with E-state index in [1.807, 2.05) is 0 Å². The molecule has 1 aromatic rings. The molecule has 5 nitrogen and oxygen atoms in total. The Morgan fingerprint density at radius 3 is 2.70 bits per heavy atom. The summed E-state index contributed by atoms with van der Waals surface area (Å²) in [5.41, 5.74) is 0.288. The van der Waals surface area contributed by atoms with Crippen LogP contribution in [0.15, 0.2) is 18.2 Å². The number of carbonyl (C=O) groups excluding carboxylic acids is 1. The molecule has 0 saturated heterocycles. The molecule has 20 heavy (non-hydrogen) atoms. The van der Waals surface area contributed by atoms with E-state index in [4.69, 9.17) is 9.84 Å². The molecule has 0 unspecified atom stereocenters. The van der Waals surface area contributed by atoms with Crippen molar-refractivity contribution in [3.63, 3.8) is 0 Å². The first kappa shape index (κ1) is 14.7. The lowest BCUT2D eigenvalue weighted by Gasteiger charge is -2.37. The smallest absolute Gasteiger partial charge is 0.257 e. The number of aliphatic hydroxyl groups excluding tert-OH is 1. The zero-order valence-electron chi connectivity index (χ0n) is 11.7. The van der Waals surface area contributed by atoms with Crippen LogP contribution >= 0.6 is 0 Å². The van der Waals surface area contributed by atoms with Gasteiger partial charge in [-0.3, -0.25) is 4.79 Å². The van der Waals surface area contributed by atoms with Crippen molar-refractivity contribution in [1.82, 2.24) is 4.90 Å². The molecule has 0 heterocycles. The number of nitrogens with zero attached hydrogens (tertiary/aromatic N) is 1. The highest BCUT2D eigenvalue weighted by molar-refractivity contribution is 5.97. The highest BCUT2D eigenvalue weighted by atomic mass is 16.5. The van der Waals surface area contributed by atoms with Crippen molar-refractivity contribution in [3.8, 4) is 11.5 Å². The Balaban J connectivity index is 2.17. The fourth-order valence-electron chi connectivity index (χ4n) is 2.36. The first-order chi connectivity index (χ1) is 9.67. The Bertz CT molecular complexity index is 471. The number of benzene rings is 1. The Morgan fingerprint density at radius 1 is 1.45 bits per heavy atom. The van der Waals surface area contributed by atoms with E-state index in [2.05, 4.69) is 0 Å². The maximum atomic E-state index is 12.5. The highest BCUT2D eigenvalue weighted by Gasteiger charge is 2.30. The number of ether oxygens (including phenoxy) is 1. The molecule has 0 bridgehead atoms. The Hall–Kier alpha value is -1.75. The molecule has 110 valence electrons. The number of aliphatic hydroxyl groups is 1. The van der Waals surface area contributed by atoms with Crippen LogP contribution in [0.2, 0.25) is 0 Å². The molecule has 0 spiro atoms. The molecule has 0 aromatic heterocycles. The number of hydrogen-bond acceptors (Lipinski definition) is 4. The molecule has 1 fully saturated rings. The summed E-state index contributed by atoms with van der Waals surface area (Å²) in [5.74, 6) is 0.274. The summed E-state index contributed by atoms with van der Waals surface area (Å²) in [4.78, 5) is 14.3. The molecule has 1 aromatic carbocycles. The molecule has 2 rings (SSSR count). The Kier molecular flexibility index (Phi) is 4.84. The summed E-state index contributed by atoms with van der Waals surface area (Å²) in [7, 11) is 1.51. The molecular weight excluding hydrogens is 258 g/mol. The van der Waals surface area contributed by atoms with Gasteiger partial charge in [-0.2, -0.15) is 0 Å². The lowest BCUT2D eigenvalue weighted by Crippen LogP contribution is -2.45. The van der Waals surface area contributed by atoms with Gasteiger partial charge in [0.2, 0.25) is 0 Å². The van der Waals surface area contributed by atoms with Crippen molar-refractivity contribution in [2.45, 2.75) is 31.7 Å². The van der Waals surface area contributed by atoms with E-state index >= 15 is 0 Å². The van der Waals surface area contributed by atoms with Crippen LogP contribution in [0.4, 0.5) is 0 Å². The average molecular weight is 279 g/mol. The standard InChI is InChI=1S/C15H21NO4/c1-20-12-6-7-13(14(18)10-12)15(19)16(8-3-9-17)11-4-2-5-11/h6-7,10-11,17-18H,2-5,8-9H2,1H3. The summed E-state index contributed by atoms with van der Waals surface area (Å²) in [6.45, 7) is 0.580. The number of hydrogen-bond donors (Lipinski definition) is 2. The van der Waals surface area contributed by atoms with E-state index in [9.17, 15) is 9.90 Å². The van der Waals surface area contributed by atoms with Crippen LogP contribution in [0, 0.1) is 0 Å².